The summed E-state index contributed by atoms with van der Waals surface area (Å²) in [6, 6.07) is 0. The van der Waals surface area contributed by atoms with E-state index < -0.39 is 0 Å². The number of fused-ring (bicyclic) bond motifs is 1. The second-order valence-corrected chi connectivity index (χ2v) is 3.84. The second-order valence-electron chi connectivity index (χ2n) is 3.84. The van der Waals surface area contributed by atoms with Crippen molar-refractivity contribution in [3.63, 3.8) is 0 Å². The molecule has 1 nitrogen and oxygen atoms in total. The maximum absolute atomic E-state index is 10.9. The molecule has 60 valence electrons. The molecular formula is C10H14O. The average molecular weight is 150 g/mol. The van der Waals surface area contributed by atoms with Crippen LogP contribution in [0.3, 0.4) is 0 Å². The minimum atomic E-state index is 0.0399. The molecule has 0 unspecified atom stereocenters. The highest BCUT2D eigenvalue weighted by atomic mass is 16.1. The third-order valence-electron chi connectivity index (χ3n) is 3.25. The van der Waals surface area contributed by atoms with Gasteiger partial charge in [-0.2, -0.15) is 0 Å². The molecule has 0 saturated heterocycles. The van der Waals surface area contributed by atoms with Crippen molar-refractivity contribution in [2.75, 3.05) is 0 Å². The first-order valence-electron chi connectivity index (χ1n) is 4.50. The molecule has 0 N–H and O–H groups in total. The molecule has 0 spiro atoms. The SMILES string of the molecule is O=C[C@@]12CC=C[C@@H]1CCCC2. The molecule has 0 aromatic carbocycles. The van der Waals surface area contributed by atoms with Crippen molar-refractivity contribution in [3.05, 3.63) is 12.2 Å². The van der Waals surface area contributed by atoms with Crippen LogP contribution in [-0.4, -0.2) is 6.29 Å². The summed E-state index contributed by atoms with van der Waals surface area (Å²) in [4.78, 5) is 10.9. The Kier molecular flexibility index (Phi) is 1.59. The van der Waals surface area contributed by atoms with Gasteiger partial charge < -0.3 is 4.79 Å². The summed E-state index contributed by atoms with van der Waals surface area (Å²) in [5.41, 5.74) is 0.0399. The van der Waals surface area contributed by atoms with Crippen molar-refractivity contribution in [3.8, 4) is 0 Å². The van der Waals surface area contributed by atoms with Crippen molar-refractivity contribution in [2.45, 2.75) is 32.1 Å². The second kappa shape index (κ2) is 2.47. The molecule has 0 bridgehead atoms. The van der Waals surface area contributed by atoms with Crippen molar-refractivity contribution in [1.82, 2.24) is 0 Å². The van der Waals surface area contributed by atoms with E-state index in [1.165, 1.54) is 25.5 Å². The molecule has 1 saturated carbocycles. The molecule has 2 rings (SSSR count). The Bertz CT molecular complexity index is 195. The third kappa shape index (κ3) is 0.943. The molecule has 0 radical (unpaired) electrons. The molecule has 1 heteroatoms. The van der Waals surface area contributed by atoms with E-state index in [0.29, 0.717) is 5.92 Å². The average Bonchev–Trinajstić information content (AvgIpc) is 2.48. The van der Waals surface area contributed by atoms with E-state index in [1.54, 1.807) is 0 Å². The minimum Gasteiger partial charge on any atom is -0.303 e. The van der Waals surface area contributed by atoms with Crippen LogP contribution in [0.15, 0.2) is 12.2 Å². The Morgan fingerprint density at radius 3 is 3.09 bits per heavy atom. The first-order chi connectivity index (χ1) is 5.37. The van der Waals surface area contributed by atoms with Gasteiger partial charge in [-0.3, -0.25) is 0 Å². The molecule has 0 amide bonds. The first-order valence-corrected chi connectivity index (χ1v) is 4.50. The van der Waals surface area contributed by atoms with Crippen LogP contribution in [0.25, 0.3) is 0 Å². The Morgan fingerprint density at radius 1 is 1.45 bits per heavy atom. The van der Waals surface area contributed by atoms with Crippen LogP contribution >= 0.6 is 0 Å². The van der Waals surface area contributed by atoms with Gasteiger partial charge in [0.05, 0.1) is 0 Å². The van der Waals surface area contributed by atoms with Gasteiger partial charge in [0, 0.05) is 5.41 Å². The van der Waals surface area contributed by atoms with Gasteiger partial charge in [-0.05, 0) is 25.2 Å². The Hall–Kier alpha value is -0.590. The molecule has 0 heterocycles. The molecule has 2 aliphatic rings. The van der Waals surface area contributed by atoms with Gasteiger partial charge in [-0.1, -0.05) is 25.0 Å². The van der Waals surface area contributed by atoms with E-state index in [0.717, 1.165) is 12.8 Å². The van der Waals surface area contributed by atoms with Crippen LogP contribution in [0.2, 0.25) is 0 Å². The van der Waals surface area contributed by atoms with Crippen molar-refractivity contribution >= 4 is 6.29 Å². The zero-order chi connectivity index (χ0) is 7.73. The lowest BCUT2D eigenvalue weighted by molar-refractivity contribution is -0.119. The van der Waals surface area contributed by atoms with Crippen LogP contribution in [0.1, 0.15) is 32.1 Å². The number of rotatable bonds is 1. The molecule has 0 aromatic heterocycles. The molecule has 11 heavy (non-hydrogen) atoms. The van der Waals surface area contributed by atoms with Crippen molar-refractivity contribution in [2.24, 2.45) is 11.3 Å². The van der Waals surface area contributed by atoms with Gasteiger partial charge in [-0.15, -0.1) is 0 Å². The number of hydrogen-bond acceptors (Lipinski definition) is 1. The topological polar surface area (TPSA) is 17.1 Å². The van der Waals surface area contributed by atoms with Gasteiger partial charge in [0.2, 0.25) is 0 Å². The summed E-state index contributed by atoms with van der Waals surface area (Å²) < 4.78 is 0. The highest BCUT2D eigenvalue weighted by molar-refractivity contribution is 5.62. The van der Waals surface area contributed by atoms with Gasteiger partial charge in [0.1, 0.15) is 6.29 Å². The van der Waals surface area contributed by atoms with Crippen molar-refractivity contribution < 1.29 is 4.79 Å². The molecule has 0 aromatic rings. The summed E-state index contributed by atoms with van der Waals surface area (Å²) in [5, 5.41) is 0. The predicted molar refractivity (Wildman–Crippen MR) is 44.2 cm³/mol. The van der Waals surface area contributed by atoms with Crippen LogP contribution < -0.4 is 0 Å². The van der Waals surface area contributed by atoms with E-state index in [1.807, 2.05) is 0 Å². The lowest BCUT2D eigenvalue weighted by atomic mass is 9.69. The fourth-order valence-electron chi connectivity index (χ4n) is 2.48. The van der Waals surface area contributed by atoms with Gasteiger partial charge in [0.25, 0.3) is 0 Å². The number of aldehydes is 1. The number of carbonyl (C=O) groups is 1. The molecule has 2 atom stereocenters. The normalized spacial score (nSPS) is 42.0. The highest BCUT2D eigenvalue weighted by Gasteiger charge is 2.40. The zero-order valence-corrected chi connectivity index (χ0v) is 6.75. The summed E-state index contributed by atoms with van der Waals surface area (Å²) in [7, 11) is 0. The Balaban J connectivity index is 2.22. The van der Waals surface area contributed by atoms with Crippen LogP contribution in [0.5, 0.6) is 0 Å². The van der Waals surface area contributed by atoms with E-state index in [9.17, 15) is 4.79 Å². The number of hydrogen-bond donors (Lipinski definition) is 0. The monoisotopic (exact) mass is 150 g/mol. The van der Waals surface area contributed by atoms with Gasteiger partial charge >= 0.3 is 0 Å². The Morgan fingerprint density at radius 2 is 2.36 bits per heavy atom. The molecular weight excluding hydrogens is 136 g/mol. The van der Waals surface area contributed by atoms with Gasteiger partial charge in [0.15, 0.2) is 0 Å². The number of carbonyl (C=O) groups excluding carboxylic acids is 1. The van der Waals surface area contributed by atoms with E-state index in [4.69, 9.17) is 0 Å². The standard InChI is InChI=1S/C10H14O/c11-8-10-6-2-1-4-9(10)5-3-7-10/h3,5,8-9H,1-2,4,6-7H2/t9-,10+/m0/s1. The fraction of sp³-hybridized carbons (Fsp3) is 0.700. The predicted octanol–water partition coefficient (Wildman–Crippen LogP) is 2.32. The van der Waals surface area contributed by atoms with Gasteiger partial charge in [-0.25, -0.2) is 0 Å². The summed E-state index contributed by atoms with van der Waals surface area (Å²) in [6.07, 6.45) is 11.5. The van der Waals surface area contributed by atoms with Crippen molar-refractivity contribution in [1.29, 1.82) is 0 Å². The number of allylic oxidation sites excluding steroid dienone is 2. The van der Waals surface area contributed by atoms with Crippen LogP contribution in [0, 0.1) is 11.3 Å². The zero-order valence-electron chi connectivity index (χ0n) is 6.75. The summed E-state index contributed by atoms with van der Waals surface area (Å²) in [5.74, 6) is 0.578. The molecule has 2 aliphatic carbocycles. The summed E-state index contributed by atoms with van der Waals surface area (Å²) in [6.45, 7) is 0. The lowest BCUT2D eigenvalue weighted by Crippen LogP contribution is -2.30. The first kappa shape index (κ1) is 7.08. The molecule has 0 aliphatic heterocycles. The van der Waals surface area contributed by atoms with E-state index in [2.05, 4.69) is 12.2 Å². The van der Waals surface area contributed by atoms with Crippen LogP contribution in [-0.2, 0) is 4.79 Å². The molecule has 1 fully saturated rings. The van der Waals surface area contributed by atoms with Crippen LogP contribution in [0.4, 0.5) is 0 Å². The largest absolute Gasteiger partial charge is 0.303 e. The quantitative estimate of drug-likeness (QED) is 0.414. The van der Waals surface area contributed by atoms with E-state index >= 15 is 0 Å². The maximum Gasteiger partial charge on any atom is 0.127 e. The minimum absolute atomic E-state index is 0.0399. The lowest BCUT2D eigenvalue weighted by Gasteiger charge is -2.34. The fourth-order valence-corrected chi connectivity index (χ4v) is 2.48. The maximum atomic E-state index is 10.9. The highest BCUT2D eigenvalue weighted by Crippen LogP contribution is 2.46. The smallest absolute Gasteiger partial charge is 0.127 e. The summed E-state index contributed by atoms with van der Waals surface area (Å²) >= 11 is 0. The Labute approximate surface area is 67.5 Å². The third-order valence-corrected chi connectivity index (χ3v) is 3.25. The van der Waals surface area contributed by atoms with E-state index in [-0.39, 0.29) is 5.41 Å².